The number of nitrogens with two attached hydrogens (primary N) is 1. The summed E-state index contributed by atoms with van der Waals surface area (Å²) in [5.74, 6) is 0. The number of hydrogen-bond acceptors (Lipinski definition) is 3. The quantitative estimate of drug-likeness (QED) is 0.774. The molecule has 0 radical (unpaired) electrons. The monoisotopic (exact) mass is 223 g/mol. The fourth-order valence-electron chi connectivity index (χ4n) is 1.51. The van der Waals surface area contributed by atoms with Crippen LogP contribution in [0.25, 0.3) is 0 Å². The van der Waals surface area contributed by atoms with E-state index in [0.717, 1.165) is 19.5 Å². The van der Waals surface area contributed by atoms with Crippen LogP contribution in [-0.2, 0) is 0 Å². The van der Waals surface area contributed by atoms with E-state index in [2.05, 4.69) is 23.7 Å². The summed E-state index contributed by atoms with van der Waals surface area (Å²) in [7, 11) is 0. The highest BCUT2D eigenvalue weighted by Crippen LogP contribution is 2.17. The Morgan fingerprint density at radius 2 is 2.33 bits per heavy atom. The Kier molecular flexibility index (Phi) is 4.49. The molecule has 3 nitrogen and oxygen atoms in total. The van der Waals surface area contributed by atoms with Crippen LogP contribution in [0.1, 0.15) is 18.9 Å². The number of pyridine rings is 1. The molecule has 1 rings (SSSR count). The Hall–Kier alpha value is -1.16. The molecule has 0 amide bonds. The number of aryl methyl sites for hydroxylation is 1. The fourth-order valence-corrected chi connectivity index (χ4v) is 1.61. The molecule has 1 aromatic rings. The summed E-state index contributed by atoms with van der Waals surface area (Å²) in [4.78, 5) is 6.91. The first kappa shape index (κ1) is 11.9. The number of anilines is 1. The lowest BCUT2D eigenvalue weighted by Crippen LogP contribution is -2.27. The summed E-state index contributed by atoms with van der Waals surface area (Å²) in [5, 5.41) is 0. The molecule has 1 aromatic heterocycles. The first-order chi connectivity index (χ1) is 7.15. The van der Waals surface area contributed by atoms with Gasteiger partial charge in [-0.1, -0.05) is 12.2 Å². The summed E-state index contributed by atoms with van der Waals surface area (Å²) in [5.41, 5.74) is 7.90. The Balaban J connectivity index is 2.74. The number of nitrogens with zero attached hydrogens (tertiary/aromatic N) is 2. The maximum atomic E-state index is 5.50. The van der Waals surface area contributed by atoms with Gasteiger partial charge in [-0.15, -0.1) is 0 Å². The highest BCUT2D eigenvalue weighted by atomic mass is 32.1. The standard InChI is InChI=1S/C11H17N3S/c1-3-14(7-5-11(12)15)10-4-6-13-8-9(10)2/h4,6,8H,3,5,7H2,1-2H3,(H2,12,15). The van der Waals surface area contributed by atoms with Crippen LogP contribution < -0.4 is 10.6 Å². The van der Waals surface area contributed by atoms with Crippen LogP contribution in [0.5, 0.6) is 0 Å². The summed E-state index contributed by atoms with van der Waals surface area (Å²) in [6.07, 6.45) is 4.44. The van der Waals surface area contributed by atoms with Gasteiger partial charge in [0, 0.05) is 37.6 Å². The topological polar surface area (TPSA) is 42.1 Å². The predicted octanol–water partition coefficient (Wildman–Crippen LogP) is 1.89. The third kappa shape index (κ3) is 3.47. The van der Waals surface area contributed by atoms with Gasteiger partial charge < -0.3 is 10.6 Å². The zero-order valence-electron chi connectivity index (χ0n) is 9.23. The number of rotatable bonds is 5. The zero-order valence-corrected chi connectivity index (χ0v) is 10.0. The van der Waals surface area contributed by atoms with E-state index in [4.69, 9.17) is 18.0 Å². The van der Waals surface area contributed by atoms with Crippen molar-refractivity contribution in [2.45, 2.75) is 20.3 Å². The number of thiocarbonyl (C=S) groups is 1. The van der Waals surface area contributed by atoms with Gasteiger partial charge in [-0.25, -0.2) is 0 Å². The first-order valence-electron chi connectivity index (χ1n) is 5.09. The minimum absolute atomic E-state index is 0.570. The van der Waals surface area contributed by atoms with Crippen LogP contribution in [0.2, 0.25) is 0 Å². The average Bonchev–Trinajstić information content (AvgIpc) is 2.21. The van der Waals surface area contributed by atoms with E-state index in [1.54, 1.807) is 0 Å². The van der Waals surface area contributed by atoms with Crippen molar-refractivity contribution >= 4 is 22.9 Å². The molecule has 0 aliphatic carbocycles. The molecule has 0 unspecified atom stereocenters. The first-order valence-corrected chi connectivity index (χ1v) is 5.49. The van der Waals surface area contributed by atoms with Gasteiger partial charge in [0.25, 0.3) is 0 Å². The number of hydrogen-bond donors (Lipinski definition) is 1. The highest BCUT2D eigenvalue weighted by Gasteiger charge is 2.06. The highest BCUT2D eigenvalue weighted by molar-refractivity contribution is 7.80. The molecule has 0 atom stereocenters. The van der Waals surface area contributed by atoms with Crippen molar-refractivity contribution in [3.05, 3.63) is 24.0 Å². The molecule has 0 aromatic carbocycles. The molecule has 0 bridgehead atoms. The van der Waals surface area contributed by atoms with E-state index in [1.807, 2.05) is 18.5 Å². The van der Waals surface area contributed by atoms with Crippen molar-refractivity contribution in [1.82, 2.24) is 4.98 Å². The van der Waals surface area contributed by atoms with Gasteiger partial charge in [-0.2, -0.15) is 0 Å². The second kappa shape index (κ2) is 5.66. The Labute approximate surface area is 96.3 Å². The van der Waals surface area contributed by atoms with Gasteiger partial charge in [0.05, 0.1) is 4.99 Å². The van der Waals surface area contributed by atoms with Gasteiger partial charge in [0.1, 0.15) is 0 Å². The maximum Gasteiger partial charge on any atom is 0.0745 e. The normalized spacial score (nSPS) is 10.0. The Morgan fingerprint density at radius 1 is 1.60 bits per heavy atom. The van der Waals surface area contributed by atoms with Gasteiger partial charge in [-0.05, 0) is 25.5 Å². The van der Waals surface area contributed by atoms with Crippen LogP contribution in [0.3, 0.4) is 0 Å². The molecule has 0 spiro atoms. The maximum absolute atomic E-state index is 5.50. The van der Waals surface area contributed by atoms with E-state index in [1.165, 1.54) is 11.3 Å². The molecule has 4 heteroatoms. The van der Waals surface area contributed by atoms with Gasteiger partial charge in [0.15, 0.2) is 0 Å². The molecular weight excluding hydrogens is 206 g/mol. The lowest BCUT2D eigenvalue weighted by Gasteiger charge is -2.24. The average molecular weight is 223 g/mol. The van der Waals surface area contributed by atoms with Gasteiger partial charge in [0.2, 0.25) is 0 Å². The molecule has 0 aliphatic heterocycles. The molecule has 0 aliphatic rings. The fraction of sp³-hybridized carbons (Fsp3) is 0.455. The third-order valence-corrected chi connectivity index (χ3v) is 2.55. The minimum Gasteiger partial charge on any atom is -0.393 e. The van der Waals surface area contributed by atoms with E-state index < -0.39 is 0 Å². The smallest absolute Gasteiger partial charge is 0.0745 e. The van der Waals surface area contributed by atoms with Crippen molar-refractivity contribution < 1.29 is 0 Å². The molecule has 2 N–H and O–H groups in total. The van der Waals surface area contributed by atoms with Crippen LogP contribution >= 0.6 is 12.2 Å². The Morgan fingerprint density at radius 3 is 2.87 bits per heavy atom. The summed E-state index contributed by atoms with van der Waals surface area (Å²) in [6.45, 7) is 6.01. The van der Waals surface area contributed by atoms with Gasteiger partial charge in [-0.3, -0.25) is 4.98 Å². The van der Waals surface area contributed by atoms with E-state index in [0.29, 0.717) is 4.99 Å². The van der Waals surface area contributed by atoms with E-state index in [-0.39, 0.29) is 0 Å². The molecule has 1 heterocycles. The van der Waals surface area contributed by atoms with Gasteiger partial charge >= 0.3 is 0 Å². The third-order valence-electron chi connectivity index (χ3n) is 2.34. The number of aromatic nitrogens is 1. The lowest BCUT2D eigenvalue weighted by atomic mass is 10.2. The molecule has 0 fully saturated rings. The van der Waals surface area contributed by atoms with Crippen molar-refractivity contribution in [1.29, 1.82) is 0 Å². The largest absolute Gasteiger partial charge is 0.393 e. The van der Waals surface area contributed by atoms with Crippen molar-refractivity contribution in [2.24, 2.45) is 5.73 Å². The van der Waals surface area contributed by atoms with Crippen LogP contribution in [0.15, 0.2) is 18.5 Å². The molecule has 0 saturated heterocycles. The molecular formula is C11H17N3S. The van der Waals surface area contributed by atoms with E-state index in [9.17, 15) is 0 Å². The SMILES string of the molecule is CCN(CCC(N)=S)c1ccncc1C. The van der Waals surface area contributed by atoms with Crippen molar-refractivity contribution in [3.8, 4) is 0 Å². The van der Waals surface area contributed by atoms with Crippen LogP contribution in [-0.4, -0.2) is 23.1 Å². The molecule has 0 saturated carbocycles. The summed E-state index contributed by atoms with van der Waals surface area (Å²) >= 11 is 4.88. The predicted molar refractivity (Wildman–Crippen MR) is 68.3 cm³/mol. The van der Waals surface area contributed by atoms with Crippen molar-refractivity contribution in [2.75, 3.05) is 18.0 Å². The van der Waals surface area contributed by atoms with Crippen molar-refractivity contribution in [3.63, 3.8) is 0 Å². The zero-order chi connectivity index (χ0) is 11.3. The Bertz CT molecular complexity index is 338. The van der Waals surface area contributed by atoms with Crippen LogP contribution in [0.4, 0.5) is 5.69 Å². The molecule has 15 heavy (non-hydrogen) atoms. The summed E-state index contributed by atoms with van der Waals surface area (Å²) < 4.78 is 0. The second-order valence-electron chi connectivity index (χ2n) is 3.46. The van der Waals surface area contributed by atoms with Crippen LogP contribution in [0, 0.1) is 6.92 Å². The molecule has 82 valence electrons. The lowest BCUT2D eigenvalue weighted by molar-refractivity contribution is 0.832. The summed E-state index contributed by atoms with van der Waals surface area (Å²) in [6, 6.07) is 2.03. The minimum atomic E-state index is 0.570. The van der Waals surface area contributed by atoms with E-state index >= 15 is 0 Å². The second-order valence-corrected chi connectivity index (χ2v) is 3.98.